The van der Waals surface area contributed by atoms with Crippen LogP contribution in [-0.4, -0.2) is 25.1 Å². The van der Waals surface area contributed by atoms with Gasteiger partial charge in [-0.2, -0.15) is 0 Å². The molecule has 2 rings (SSSR count). The summed E-state index contributed by atoms with van der Waals surface area (Å²) in [5, 5.41) is 8.65. The molecule has 16 heavy (non-hydrogen) atoms. The zero-order valence-corrected chi connectivity index (χ0v) is 9.21. The average molecular weight is 239 g/mol. The van der Waals surface area contributed by atoms with Crippen molar-refractivity contribution >= 4 is 29.3 Å². The maximum atomic E-state index is 11.5. The van der Waals surface area contributed by atoms with E-state index in [1.165, 1.54) is 0 Å². The van der Waals surface area contributed by atoms with Gasteiger partial charge in [-0.15, -0.1) is 0 Å². The van der Waals surface area contributed by atoms with E-state index < -0.39 is 0 Å². The number of amides is 2. The van der Waals surface area contributed by atoms with Crippen LogP contribution in [-0.2, 0) is 0 Å². The highest BCUT2D eigenvalue weighted by Crippen LogP contribution is 2.19. The number of carbonyl (C=O) groups excluding carboxylic acids is 1. The van der Waals surface area contributed by atoms with Crippen molar-refractivity contribution in [2.75, 3.05) is 18.4 Å². The highest BCUT2D eigenvalue weighted by atomic mass is 35.5. The highest BCUT2D eigenvalue weighted by molar-refractivity contribution is 6.33. The molecule has 5 nitrogen and oxygen atoms in total. The van der Waals surface area contributed by atoms with Crippen molar-refractivity contribution in [3.63, 3.8) is 0 Å². The molecule has 0 unspecified atom stereocenters. The first kappa shape index (κ1) is 10.8. The summed E-state index contributed by atoms with van der Waals surface area (Å²) in [6.45, 7) is 1.43. The number of urea groups is 1. The summed E-state index contributed by atoms with van der Waals surface area (Å²) < 4.78 is 0. The van der Waals surface area contributed by atoms with Gasteiger partial charge in [-0.05, 0) is 12.1 Å². The van der Waals surface area contributed by atoms with Gasteiger partial charge in [0, 0.05) is 6.54 Å². The van der Waals surface area contributed by atoms with Gasteiger partial charge in [0.15, 0.2) is 5.96 Å². The van der Waals surface area contributed by atoms with E-state index in [0.29, 0.717) is 23.2 Å². The third kappa shape index (κ3) is 2.64. The van der Waals surface area contributed by atoms with Gasteiger partial charge in [0.05, 0.1) is 17.3 Å². The minimum absolute atomic E-state index is 0.360. The molecule has 0 atom stereocenters. The maximum absolute atomic E-state index is 11.5. The molecule has 0 fully saturated rings. The summed E-state index contributed by atoms with van der Waals surface area (Å²) in [5.74, 6) is 0.490. The normalized spacial score (nSPS) is 13.9. The molecule has 1 aliphatic rings. The van der Waals surface area contributed by atoms with Crippen LogP contribution in [0.2, 0.25) is 5.02 Å². The summed E-state index contributed by atoms with van der Waals surface area (Å²) in [5.41, 5.74) is 0.570. The van der Waals surface area contributed by atoms with E-state index in [-0.39, 0.29) is 6.03 Å². The minimum atomic E-state index is -0.360. The van der Waals surface area contributed by atoms with Crippen LogP contribution in [0.5, 0.6) is 0 Å². The summed E-state index contributed by atoms with van der Waals surface area (Å²) in [6.07, 6.45) is 0. The zero-order valence-electron chi connectivity index (χ0n) is 8.46. The van der Waals surface area contributed by atoms with Gasteiger partial charge in [0.25, 0.3) is 0 Å². The first-order chi connectivity index (χ1) is 7.75. The molecule has 0 aliphatic carbocycles. The number of carbonyl (C=O) groups is 1. The first-order valence-corrected chi connectivity index (χ1v) is 5.24. The first-order valence-electron chi connectivity index (χ1n) is 4.86. The number of nitrogens with one attached hydrogen (secondary N) is 3. The summed E-state index contributed by atoms with van der Waals surface area (Å²) in [6, 6.07) is 6.68. The van der Waals surface area contributed by atoms with Crippen molar-refractivity contribution < 1.29 is 4.79 Å². The molecule has 6 heteroatoms. The SMILES string of the molecule is O=C(NC1=NCCN1)Nc1ccccc1Cl. The van der Waals surface area contributed by atoms with Crippen LogP contribution in [0.25, 0.3) is 0 Å². The summed E-state index contributed by atoms with van der Waals surface area (Å²) in [7, 11) is 0. The predicted octanol–water partition coefficient (Wildman–Crippen LogP) is 1.42. The third-order valence-corrected chi connectivity index (χ3v) is 2.36. The molecule has 0 radical (unpaired) electrons. The number of para-hydroxylation sites is 1. The number of guanidine groups is 1. The van der Waals surface area contributed by atoms with Gasteiger partial charge < -0.3 is 10.6 Å². The van der Waals surface area contributed by atoms with Crippen molar-refractivity contribution in [1.29, 1.82) is 0 Å². The smallest absolute Gasteiger partial charge is 0.326 e. The van der Waals surface area contributed by atoms with Crippen LogP contribution in [0.4, 0.5) is 10.5 Å². The molecule has 0 bridgehead atoms. The molecule has 2 amide bonds. The van der Waals surface area contributed by atoms with E-state index in [1.807, 2.05) is 0 Å². The Morgan fingerprint density at radius 3 is 2.88 bits per heavy atom. The fraction of sp³-hybridized carbons (Fsp3) is 0.200. The molecule has 3 N–H and O–H groups in total. The van der Waals surface area contributed by atoms with Crippen LogP contribution < -0.4 is 16.0 Å². The number of hydrogen-bond acceptors (Lipinski definition) is 3. The highest BCUT2D eigenvalue weighted by Gasteiger charge is 2.09. The van der Waals surface area contributed by atoms with Gasteiger partial charge in [-0.1, -0.05) is 23.7 Å². The second kappa shape index (κ2) is 4.85. The van der Waals surface area contributed by atoms with E-state index in [0.717, 1.165) is 6.54 Å². The Kier molecular flexibility index (Phi) is 3.26. The number of halogens is 1. The Morgan fingerprint density at radius 1 is 1.38 bits per heavy atom. The number of aliphatic imine (C=N–C) groups is 1. The lowest BCUT2D eigenvalue weighted by atomic mass is 10.3. The second-order valence-corrected chi connectivity index (χ2v) is 3.62. The van der Waals surface area contributed by atoms with Gasteiger partial charge in [-0.3, -0.25) is 10.3 Å². The Hall–Kier alpha value is -1.75. The Balaban J connectivity index is 1.94. The molecular formula is C10H11ClN4O. The van der Waals surface area contributed by atoms with Crippen LogP contribution in [0.1, 0.15) is 0 Å². The van der Waals surface area contributed by atoms with E-state index in [1.54, 1.807) is 24.3 Å². The summed E-state index contributed by atoms with van der Waals surface area (Å²) >= 11 is 5.90. The van der Waals surface area contributed by atoms with Crippen LogP contribution in [0.15, 0.2) is 29.3 Å². The minimum Gasteiger partial charge on any atom is -0.354 e. The van der Waals surface area contributed by atoms with Crippen LogP contribution in [0.3, 0.4) is 0 Å². The Morgan fingerprint density at radius 2 is 2.19 bits per heavy atom. The topological polar surface area (TPSA) is 65.5 Å². The molecular weight excluding hydrogens is 228 g/mol. The van der Waals surface area contributed by atoms with E-state index >= 15 is 0 Å². The van der Waals surface area contributed by atoms with Crippen LogP contribution in [0, 0.1) is 0 Å². The Bertz CT molecular complexity index is 433. The third-order valence-electron chi connectivity index (χ3n) is 2.03. The number of nitrogens with zero attached hydrogens (tertiary/aromatic N) is 1. The van der Waals surface area contributed by atoms with Gasteiger partial charge in [0.2, 0.25) is 0 Å². The lowest BCUT2D eigenvalue weighted by molar-refractivity contribution is 0.256. The maximum Gasteiger partial charge on any atom is 0.326 e. The summed E-state index contributed by atoms with van der Waals surface area (Å²) in [4.78, 5) is 15.6. The predicted molar refractivity (Wildman–Crippen MR) is 63.9 cm³/mol. The molecule has 1 aliphatic heterocycles. The number of rotatable bonds is 1. The number of hydrogen-bond donors (Lipinski definition) is 3. The van der Waals surface area contributed by atoms with Crippen LogP contribution >= 0.6 is 11.6 Å². The molecule has 84 valence electrons. The molecule has 0 saturated heterocycles. The molecule has 0 aromatic heterocycles. The van der Waals surface area contributed by atoms with E-state index in [2.05, 4.69) is 20.9 Å². The van der Waals surface area contributed by atoms with Crippen molar-refractivity contribution in [1.82, 2.24) is 10.6 Å². The zero-order chi connectivity index (χ0) is 11.4. The van der Waals surface area contributed by atoms with Gasteiger partial charge >= 0.3 is 6.03 Å². The molecule has 0 spiro atoms. The number of anilines is 1. The lowest BCUT2D eigenvalue weighted by Gasteiger charge is -2.08. The van der Waals surface area contributed by atoms with Crippen molar-refractivity contribution in [2.45, 2.75) is 0 Å². The van der Waals surface area contributed by atoms with Gasteiger partial charge in [0.1, 0.15) is 0 Å². The molecule has 0 saturated carbocycles. The molecule has 1 aromatic rings. The average Bonchev–Trinajstić information content (AvgIpc) is 2.74. The van der Waals surface area contributed by atoms with Gasteiger partial charge in [-0.25, -0.2) is 4.79 Å². The lowest BCUT2D eigenvalue weighted by Crippen LogP contribution is -2.40. The van der Waals surface area contributed by atoms with E-state index in [4.69, 9.17) is 11.6 Å². The fourth-order valence-electron chi connectivity index (χ4n) is 1.31. The number of benzene rings is 1. The fourth-order valence-corrected chi connectivity index (χ4v) is 1.49. The van der Waals surface area contributed by atoms with E-state index in [9.17, 15) is 4.79 Å². The quantitative estimate of drug-likeness (QED) is 0.693. The van der Waals surface area contributed by atoms with Crippen molar-refractivity contribution in [3.8, 4) is 0 Å². The Labute approximate surface area is 97.9 Å². The van der Waals surface area contributed by atoms with Crippen molar-refractivity contribution in [2.24, 2.45) is 4.99 Å². The monoisotopic (exact) mass is 238 g/mol. The second-order valence-electron chi connectivity index (χ2n) is 3.22. The molecule has 1 heterocycles. The standard InChI is InChI=1S/C10H11ClN4O/c11-7-3-1-2-4-8(7)14-10(16)15-9-12-5-6-13-9/h1-4H,5-6H2,(H3,12,13,14,15,16). The van der Waals surface area contributed by atoms with Crippen molar-refractivity contribution in [3.05, 3.63) is 29.3 Å². The molecule has 1 aromatic carbocycles. The largest absolute Gasteiger partial charge is 0.354 e.